The summed E-state index contributed by atoms with van der Waals surface area (Å²) >= 11 is 0. The van der Waals surface area contributed by atoms with E-state index < -0.39 is 0 Å². The minimum atomic E-state index is -0.0714. The highest BCUT2D eigenvalue weighted by molar-refractivity contribution is 6.29. The summed E-state index contributed by atoms with van der Waals surface area (Å²) < 4.78 is 11.2. The van der Waals surface area contributed by atoms with E-state index in [2.05, 4.69) is 5.32 Å². The zero-order chi connectivity index (χ0) is 21.1. The summed E-state index contributed by atoms with van der Waals surface area (Å²) in [5, 5.41) is 3.47. The van der Waals surface area contributed by atoms with Gasteiger partial charge in [0.05, 0.1) is 20.3 Å². The number of methoxy groups -OCH3 is 1. The fourth-order valence-electron chi connectivity index (χ4n) is 4.99. The number of ether oxygens (including phenoxy) is 2. The number of carbonyl (C=O) groups excluding carboxylic acids is 2. The third-order valence-electron chi connectivity index (χ3n) is 6.56. The quantitative estimate of drug-likeness (QED) is 0.506. The van der Waals surface area contributed by atoms with Gasteiger partial charge >= 0.3 is 0 Å². The molecule has 31 heavy (non-hydrogen) atoms. The van der Waals surface area contributed by atoms with Crippen LogP contribution in [0.4, 0.5) is 0 Å². The molecule has 0 saturated carbocycles. The van der Waals surface area contributed by atoms with Crippen LogP contribution in [0.15, 0.2) is 54.6 Å². The Hall–Kier alpha value is -3.28. The fraction of sp³-hybridized carbons (Fsp3) is 0.231. The zero-order valence-corrected chi connectivity index (χ0v) is 17.1. The molecule has 1 aliphatic heterocycles. The molecule has 1 saturated heterocycles. The highest BCUT2D eigenvalue weighted by Gasteiger charge is 2.49. The first-order valence-corrected chi connectivity index (χ1v) is 10.5. The number of carbonyl (C=O) groups is 2. The zero-order valence-electron chi connectivity index (χ0n) is 17.1. The first-order chi connectivity index (χ1) is 15.2. The topological polar surface area (TPSA) is 74.5 Å². The van der Waals surface area contributed by atoms with E-state index in [1.807, 2.05) is 36.4 Å². The van der Waals surface area contributed by atoms with Crippen molar-refractivity contribution in [2.45, 2.75) is 31.7 Å². The average Bonchev–Trinajstić information content (AvgIpc) is 3.47. The van der Waals surface area contributed by atoms with Crippen LogP contribution < -0.4 is 10.1 Å². The molecule has 3 aromatic carbocycles. The SMILES string of the molecule is COc1ccc(COCc2cc3c(c4c2C2NC2C4)C(=O)c2ccccc2C3=O)cc1. The average molecular weight is 411 g/mol. The normalized spacial score (nSPS) is 20.0. The van der Waals surface area contributed by atoms with Crippen LogP contribution in [0.1, 0.15) is 60.1 Å². The molecule has 5 heteroatoms. The number of hydrogen-bond acceptors (Lipinski definition) is 5. The van der Waals surface area contributed by atoms with E-state index in [1.165, 1.54) is 0 Å². The van der Waals surface area contributed by atoms with Gasteiger partial charge in [0.2, 0.25) is 0 Å². The summed E-state index contributed by atoms with van der Waals surface area (Å²) in [5.41, 5.74) is 6.36. The van der Waals surface area contributed by atoms with Gasteiger partial charge in [0.25, 0.3) is 0 Å². The van der Waals surface area contributed by atoms with E-state index >= 15 is 0 Å². The molecule has 6 rings (SSSR count). The Labute approximate surface area is 180 Å². The predicted octanol–water partition coefficient (Wildman–Crippen LogP) is 3.76. The number of rotatable bonds is 5. The molecule has 0 aromatic heterocycles. The first kappa shape index (κ1) is 18.5. The molecule has 0 radical (unpaired) electrons. The van der Waals surface area contributed by atoms with Crippen LogP contribution in [0.25, 0.3) is 0 Å². The van der Waals surface area contributed by atoms with Crippen LogP contribution in [0.3, 0.4) is 0 Å². The summed E-state index contributed by atoms with van der Waals surface area (Å²) in [7, 11) is 1.64. The monoisotopic (exact) mass is 411 g/mol. The van der Waals surface area contributed by atoms with Gasteiger partial charge in [-0.05, 0) is 46.9 Å². The summed E-state index contributed by atoms with van der Waals surface area (Å²) in [6.45, 7) is 0.864. The molecule has 0 spiro atoms. The van der Waals surface area contributed by atoms with Crippen molar-refractivity contribution in [3.8, 4) is 5.75 Å². The smallest absolute Gasteiger partial charge is 0.194 e. The van der Waals surface area contributed by atoms with Gasteiger partial charge < -0.3 is 14.8 Å². The minimum absolute atomic E-state index is 0.0338. The Kier molecular flexibility index (Phi) is 4.10. The number of hydrogen-bond donors (Lipinski definition) is 1. The van der Waals surface area contributed by atoms with E-state index in [9.17, 15) is 9.59 Å². The molecular weight excluding hydrogens is 390 g/mol. The van der Waals surface area contributed by atoms with Gasteiger partial charge in [-0.3, -0.25) is 9.59 Å². The van der Waals surface area contributed by atoms with Crippen molar-refractivity contribution < 1.29 is 19.1 Å². The second-order valence-electron chi connectivity index (χ2n) is 8.35. The lowest BCUT2D eigenvalue weighted by Gasteiger charge is -2.23. The molecular formula is C26H21NO4. The maximum Gasteiger partial charge on any atom is 0.194 e. The van der Waals surface area contributed by atoms with E-state index in [4.69, 9.17) is 9.47 Å². The Balaban J connectivity index is 1.34. The standard InChI is InChI=1S/C26H21NO4/c1-30-16-8-6-14(7-9-16)12-31-13-15-10-20-23(19-11-21-24(27-21)22(15)19)26(29)18-5-3-2-4-17(18)25(20)28/h2-10,21,24,27H,11-13H2,1H3. The largest absolute Gasteiger partial charge is 0.497 e. The molecule has 154 valence electrons. The second kappa shape index (κ2) is 6.87. The second-order valence-corrected chi connectivity index (χ2v) is 8.35. The minimum Gasteiger partial charge on any atom is -0.497 e. The van der Waals surface area contributed by atoms with Gasteiger partial charge in [-0.2, -0.15) is 0 Å². The Morgan fingerprint density at radius 1 is 0.935 bits per heavy atom. The van der Waals surface area contributed by atoms with Gasteiger partial charge in [0.1, 0.15) is 5.75 Å². The summed E-state index contributed by atoms with van der Waals surface area (Å²) in [4.78, 5) is 26.5. The molecule has 1 fully saturated rings. The van der Waals surface area contributed by atoms with Crippen LogP contribution in [0, 0.1) is 0 Å². The van der Waals surface area contributed by atoms with Crippen LogP contribution in [0.5, 0.6) is 5.75 Å². The molecule has 2 aliphatic carbocycles. The molecule has 0 amide bonds. The molecule has 0 bridgehead atoms. The number of benzene rings is 3. The Morgan fingerprint density at radius 2 is 1.68 bits per heavy atom. The summed E-state index contributed by atoms with van der Waals surface area (Å²) in [5.74, 6) is 0.706. The maximum atomic E-state index is 13.3. The van der Waals surface area contributed by atoms with Crippen molar-refractivity contribution >= 4 is 11.6 Å². The molecule has 1 heterocycles. The van der Waals surface area contributed by atoms with E-state index in [0.717, 1.165) is 34.4 Å². The number of nitrogens with one attached hydrogen (secondary N) is 1. The molecule has 1 N–H and O–H groups in total. The molecule has 2 atom stereocenters. The lowest BCUT2D eigenvalue weighted by Crippen LogP contribution is -2.24. The molecule has 5 nitrogen and oxygen atoms in total. The van der Waals surface area contributed by atoms with Gasteiger partial charge in [-0.25, -0.2) is 0 Å². The fourth-order valence-corrected chi connectivity index (χ4v) is 4.99. The molecule has 3 aliphatic rings. The van der Waals surface area contributed by atoms with Crippen LogP contribution in [-0.2, 0) is 24.4 Å². The van der Waals surface area contributed by atoms with Crippen molar-refractivity contribution in [2.24, 2.45) is 0 Å². The van der Waals surface area contributed by atoms with E-state index in [0.29, 0.717) is 41.5 Å². The predicted molar refractivity (Wildman–Crippen MR) is 115 cm³/mol. The van der Waals surface area contributed by atoms with Crippen molar-refractivity contribution in [3.05, 3.63) is 99.1 Å². The lowest BCUT2D eigenvalue weighted by atomic mass is 9.79. The van der Waals surface area contributed by atoms with E-state index in [-0.39, 0.29) is 17.6 Å². The van der Waals surface area contributed by atoms with Crippen molar-refractivity contribution in [1.82, 2.24) is 5.32 Å². The lowest BCUT2D eigenvalue weighted by molar-refractivity contribution is 0.0974. The Bertz CT molecular complexity index is 1250. The van der Waals surface area contributed by atoms with Gasteiger partial charge in [-0.15, -0.1) is 0 Å². The van der Waals surface area contributed by atoms with Crippen LogP contribution >= 0.6 is 0 Å². The van der Waals surface area contributed by atoms with Crippen molar-refractivity contribution in [2.75, 3.05) is 7.11 Å². The van der Waals surface area contributed by atoms with Gasteiger partial charge in [0, 0.05) is 34.3 Å². The number of ketones is 2. The maximum absolute atomic E-state index is 13.3. The van der Waals surface area contributed by atoms with Crippen molar-refractivity contribution in [1.29, 1.82) is 0 Å². The Morgan fingerprint density at radius 3 is 2.42 bits per heavy atom. The third-order valence-corrected chi connectivity index (χ3v) is 6.56. The van der Waals surface area contributed by atoms with Gasteiger partial charge in [-0.1, -0.05) is 36.4 Å². The van der Waals surface area contributed by atoms with Crippen molar-refractivity contribution in [3.63, 3.8) is 0 Å². The summed E-state index contributed by atoms with van der Waals surface area (Å²) in [6, 6.07) is 17.4. The van der Waals surface area contributed by atoms with Crippen LogP contribution in [-0.4, -0.2) is 24.7 Å². The number of fused-ring (bicyclic) bond motifs is 6. The summed E-state index contributed by atoms with van der Waals surface area (Å²) in [6.07, 6.45) is 0.788. The van der Waals surface area contributed by atoms with E-state index in [1.54, 1.807) is 25.3 Å². The van der Waals surface area contributed by atoms with Crippen LogP contribution in [0.2, 0.25) is 0 Å². The van der Waals surface area contributed by atoms with Gasteiger partial charge in [0.15, 0.2) is 11.6 Å². The molecule has 3 aromatic rings. The highest BCUT2D eigenvalue weighted by atomic mass is 16.5. The first-order valence-electron chi connectivity index (χ1n) is 10.5. The highest BCUT2D eigenvalue weighted by Crippen LogP contribution is 2.47. The third kappa shape index (κ3) is 2.85. The molecule has 2 unspecified atom stereocenters.